The van der Waals surface area contributed by atoms with Crippen LogP contribution in [0.5, 0.6) is 0 Å². The summed E-state index contributed by atoms with van der Waals surface area (Å²) in [4.78, 5) is 6.68. The Morgan fingerprint density at radius 3 is 2.56 bits per heavy atom. The van der Waals surface area contributed by atoms with E-state index in [0.717, 1.165) is 38.7 Å². The second-order valence-electron chi connectivity index (χ2n) is 3.33. The summed E-state index contributed by atoms with van der Waals surface area (Å²) in [7, 11) is 2.10. The summed E-state index contributed by atoms with van der Waals surface area (Å²) in [6.45, 7) is 12.4. The van der Waals surface area contributed by atoms with Crippen molar-refractivity contribution >= 4 is 29.9 Å². The number of hydrogen-bond acceptors (Lipinski definition) is 2. The smallest absolute Gasteiger partial charge is 0.191 e. The third-order valence-electron chi connectivity index (χ3n) is 2.05. The molecular weight excluding hydrogens is 315 g/mol. The first-order chi connectivity index (χ1) is 7.24. The van der Waals surface area contributed by atoms with Crippen LogP contribution in [0.3, 0.4) is 0 Å². The Kier molecular flexibility index (Phi) is 14.4. The standard InChI is InChI=1S/C11H24N4.HI/c1-5-8-13-11(12-6-2)14-9-10-15(4)7-3;/h5H,1,6-10H2,2-4H3,(H2,12,13,14);1H. The molecule has 0 rings (SSSR count). The highest BCUT2D eigenvalue weighted by Crippen LogP contribution is 1.81. The molecule has 0 saturated carbocycles. The summed E-state index contributed by atoms with van der Waals surface area (Å²) in [5, 5.41) is 6.35. The maximum atomic E-state index is 4.44. The second-order valence-corrected chi connectivity index (χ2v) is 3.33. The minimum atomic E-state index is 0. The van der Waals surface area contributed by atoms with Gasteiger partial charge in [0.2, 0.25) is 0 Å². The van der Waals surface area contributed by atoms with E-state index in [1.54, 1.807) is 0 Å². The van der Waals surface area contributed by atoms with Crippen molar-refractivity contribution in [1.29, 1.82) is 0 Å². The molecule has 0 unspecified atom stereocenters. The minimum absolute atomic E-state index is 0. The number of nitrogens with zero attached hydrogens (tertiary/aromatic N) is 2. The van der Waals surface area contributed by atoms with Gasteiger partial charge in [-0.05, 0) is 20.5 Å². The molecule has 16 heavy (non-hydrogen) atoms. The molecule has 0 aromatic carbocycles. The molecule has 0 fully saturated rings. The van der Waals surface area contributed by atoms with E-state index in [0.29, 0.717) is 0 Å². The van der Waals surface area contributed by atoms with Gasteiger partial charge in [0.15, 0.2) is 5.96 Å². The van der Waals surface area contributed by atoms with Crippen molar-refractivity contribution < 1.29 is 0 Å². The van der Waals surface area contributed by atoms with Crippen LogP contribution in [0.1, 0.15) is 13.8 Å². The van der Waals surface area contributed by atoms with E-state index < -0.39 is 0 Å². The van der Waals surface area contributed by atoms with Gasteiger partial charge in [-0.1, -0.05) is 13.0 Å². The molecule has 0 aliphatic heterocycles. The van der Waals surface area contributed by atoms with E-state index in [-0.39, 0.29) is 24.0 Å². The van der Waals surface area contributed by atoms with E-state index in [2.05, 4.69) is 48.0 Å². The minimum Gasteiger partial charge on any atom is -0.357 e. The molecule has 2 N–H and O–H groups in total. The van der Waals surface area contributed by atoms with Gasteiger partial charge in [-0.15, -0.1) is 30.6 Å². The maximum absolute atomic E-state index is 4.44. The Bertz CT molecular complexity index is 194. The fraction of sp³-hybridized carbons (Fsp3) is 0.727. The van der Waals surface area contributed by atoms with E-state index in [1.807, 2.05) is 6.08 Å². The number of nitrogens with one attached hydrogen (secondary N) is 2. The van der Waals surface area contributed by atoms with Gasteiger partial charge in [-0.2, -0.15) is 0 Å². The first-order valence-corrected chi connectivity index (χ1v) is 5.56. The van der Waals surface area contributed by atoms with Gasteiger partial charge < -0.3 is 15.5 Å². The van der Waals surface area contributed by atoms with Crippen LogP contribution < -0.4 is 10.6 Å². The lowest BCUT2D eigenvalue weighted by molar-refractivity contribution is 0.363. The SMILES string of the molecule is C=CCNC(=NCCN(C)CC)NCC.I. The highest BCUT2D eigenvalue weighted by atomic mass is 127. The van der Waals surface area contributed by atoms with Crippen LogP contribution in [0.4, 0.5) is 0 Å². The van der Waals surface area contributed by atoms with E-state index in [1.165, 1.54) is 0 Å². The van der Waals surface area contributed by atoms with Crippen molar-refractivity contribution in [3.63, 3.8) is 0 Å². The molecule has 0 aliphatic carbocycles. The van der Waals surface area contributed by atoms with Gasteiger partial charge >= 0.3 is 0 Å². The molecule has 0 radical (unpaired) electrons. The molecule has 0 heterocycles. The molecule has 0 saturated heterocycles. The molecule has 4 nitrogen and oxygen atoms in total. The van der Waals surface area contributed by atoms with Gasteiger partial charge in [0.1, 0.15) is 0 Å². The molecule has 0 aliphatic rings. The fourth-order valence-corrected chi connectivity index (χ4v) is 1.00. The molecule has 0 spiro atoms. The number of halogens is 1. The third-order valence-corrected chi connectivity index (χ3v) is 2.05. The summed E-state index contributed by atoms with van der Waals surface area (Å²) in [6.07, 6.45) is 1.82. The van der Waals surface area contributed by atoms with Crippen LogP contribution in [0.15, 0.2) is 17.6 Å². The summed E-state index contributed by atoms with van der Waals surface area (Å²) in [6, 6.07) is 0. The second kappa shape index (κ2) is 12.8. The van der Waals surface area contributed by atoms with Crippen LogP contribution in [-0.4, -0.2) is 50.6 Å². The lowest BCUT2D eigenvalue weighted by atomic mass is 10.5. The summed E-state index contributed by atoms with van der Waals surface area (Å²) >= 11 is 0. The molecule has 0 aromatic rings. The lowest BCUT2D eigenvalue weighted by Crippen LogP contribution is -2.37. The highest BCUT2D eigenvalue weighted by Gasteiger charge is 1.95. The molecule has 0 atom stereocenters. The van der Waals surface area contributed by atoms with Crippen molar-refractivity contribution in [2.24, 2.45) is 4.99 Å². The zero-order chi connectivity index (χ0) is 11.5. The average molecular weight is 340 g/mol. The van der Waals surface area contributed by atoms with Crippen LogP contribution in [0, 0.1) is 0 Å². The Balaban J connectivity index is 0. The number of guanidine groups is 1. The normalized spacial score (nSPS) is 10.9. The topological polar surface area (TPSA) is 39.7 Å². The third kappa shape index (κ3) is 10.2. The zero-order valence-electron chi connectivity index (χ0n) is 10.6. The van der Waals surface area contributed by atoms with Crippen LogP contribution >= 0.6 is 24.0 Å². The van der Waals surface area contributed by atoms with Crippen LogP contribution in [0.2, 0.25) is 0 Å². The van der Waals surface area contributed by atoms with E-state index >= 15 is 0 Å². The highest BCUT2D eigenvalue weighted by molar-refractivity contribution is 14.0. The lowest BCUT2D eigenvalue weighted by Gasteiger charge is -2.13. The number of aliphatic imine (C=N–C) groups is 1. The van der Waals surface area contributed by atoms with E-state index in [4.69, 9.17) is 0 Å². The van der Waals surface area contributed by atoms with E-state index in [9.17, 15) is 0 Å². The molecule has 0 amide bonds. The van der Waals surface area contributed by atoms with Gasteiger partial charge in [-0.3, -0.25) is 4.99 Å². The quantitative estimate of drug-likeness (QED) is 0.318. The monoisotopic (exact) mass is 340 g/mol. The first kappa shape index (κ1) is 18.1. The number of rotatable bonds is 7. The van der Waals surface area contributed by atoms with Crippen molar-refractivity contribution in [3.05, 3.63) is 12.7 Å². The first-order valence-electron chi connectivity index (χ1n) is 5.56. The molecule has 0 aromatic heterocycles. The van der Waals surface area contributed by atoms with Crippen molar-refractivity contribution in [2.75, 3.05) is 39.8 Å². The predicted molar refractivity (Wildman–Crippen MR) is 82.8 cm³/mol. The summed E-state index contributed by atoms with van der Waals surface area (Å²) in [5.41, 5.74) is 0. The molecule has 96 valence electrons. The zero-order valence-corrected chi connectivity index (χ0v) is 13.0. The predicted octanol–water partition coefficient (Wildman–Crippen LogP) is 1.30. The van der Waals surface area contributed by atoms with Gasteiger partial charge in [-0.25, -0.2) is 0 Å². The van der Waals surface area contributed by atoms with Crippen molar-refractivity contribution in [1.82, 2.24) is 15.5 Å². The van der Waals surface area contributed by atoms with Gasteiger partial charge in [0.05, 0.1) is 6.54 Å². The number of likely N-dealkylation sites (N-methyl/N-ethyl adjacent to an activating group) is 1. The molecule has 0 bridgehead atoms. The Morgan fingerprint density at radius 2 is 2.06 bits per heavy atom. The molecule has 5 heteroatoms. The number of hydrogen-bond donors (Lipinski definition) is 2. The Morgan fingerprint density at radius 1 is 1.38 bits per heavy atom. The summed E-state index contributed by atoms with van der Waals surface area (Å²) < 4.78 is 0. The Labute approximate surface area is 117 Å². The van der Waals surface area contributed by atoms with Crippen LogP contribution in [-0.2, 0) is 0 Å². The summed E-state index contributed by atoms with van der Waals surface area (Å²) in [5.74, 6) is 0.863. The Hall–Kier alpha value is -0.300. The average Bonchev–Trinajstić information content (AvgIpc) is 2.25. The molecular formula is C11H25IN4. The van der Waals surface area contributed by atoms with Crippen molar-refractivity contribution in [2.45, 2.75) is 13.8 Å². The maximum Gasteiger partial charge on any atom is 0.191 e. The van der Waals surface area contributed by atoms with Gasteiger partial charge in [0.25, 0.3) is 0 Å². The van der Waals surface area contributed by atoms with Crippen molar-refractivity contribution in [3.8, 4) is 0 Å². The largest absolute Gasteiger partial charge is 0.357 e. The van der Waals surface area contributed by atoms with Crippen LogP contribution in [0.25, 0.3) is 0 Å². The fourth-order valence-electron chi connectivity index (χ4n) is 1.00. The van der Waals surface area contributed by atoms with Gasteiger partial charge in [0, 0.05) is 19.6 Å².